The van der Waals surface area contributed by atoms with Gasteiger partial charge in [-0.15, -0.1) is 0 Å². The molecule has 1 saturated carbocycles. The monoisotopic (exact) mass is 343 g/mol. The number of carbonyl (C=O) groups is 1. The van der Waals surface area contributed by atoms with Crippen molar-refractivity contribution >= 4 is 23.5 Å². The largest absolute Gasteiger partial charge is 0.309 e. The summed E-state index contributed by atoms with van der Waals surface area (Å²) in [4.78, 5) is 15.6. The molecule has 1 aromatic carbocycles. The Balaban J connectivity index is 1.92. The molecule has 0 bridgehead atoms. The summed E-state index contributed by atoms with van der Waals surface area (Å²) in [6, 6.07) is 7.76. The lowest BCUT2D eigenvalue weighted by Crippen LogP contribution is -2.32. The van der Waals surface area contributed by atoms with E-state index in [-0.39, 0.29) is 5.41 Å². The first-order valence-electron chi connectivity index (χ1n) is 8.87. The highest BCUT2D eigenvalue weighted by atomic mass is 35.5. The van der Waals surface area contributed by atoms with Crippen molar-refractivity contribution < 1.29 is 4.79 Å². The summed E-state index contributed by atoms with van der Waals surface area (Å²) in [6.07, 6.45) is 10.5. The number of rotatable bonds is 5. The maximum atomic E-state index is 13.4. The summed E-state index contributed by atoms with van der Waals surface area (Å²) in [5, 5.41) is 0.712. The van der Waals surface area contributed by atoms with Crippen LogP contribution in [0.15, 0.2) is 41.5 Å². The third-order valence-electron chi connectivity index (χ3n) is 5.42. The van der Waals surface area contributed by atoms with Gasteiger partial charge in [0, 0.05) is 5.02 Å². The van der Waals surface area contributed by atoms with Crippen molar-refractivity contribution in [3.8, 4) is 0 Å². The van der Waals surface area contributed by atoms with Gasteiger partial charge in [-0.25, -0.2) is 0 Å². The van der Waals surface area contributed by atoms with E-state index in [1.165, 1.54) is 12.0 Å². The van der Waals surface area contributed by atoms with Gasteiger partial charge in [-0.2, -0.15) is 0 Å². The van der Waals surface area contributed by atoms with Gasteiger partial charge >= 0.3 is 0 Å². The highest BCUT2D eigenvalue weighted by Crippen LogP contribution is 2.50. The first-order valence-corrected chi connectivity index (χ1v) is 9.25. The van der Waals surface area contributed by atoms with Crippen LogP contribution in [0.4, 0.5) is 0 Å². The van der Waals surface area contributed by atoms with E-state index in [0.29, 0.717) is 10.8 Å². The molecular formula is C21H26ClNO. The molecule has 0 amide bonds. The zero-order valence-electron chi connectivity index (χ0n) is 14.6. The molecule has 3 rings (SSSR count). The number of benzene rings is 1. The van der Waals surface area contributed by atoms with Crippen LogP contribution in [-0.2, 0) is 4.79 Å². The molecule has 1 fully saturated rings. The number of ketones is 1. The van der Waals surface area contributed by atoms with Crippen LogP contribution >= 0.6 is 11.6 Å². The minimum Gasteiger partial charge on any atom is -0.309 e. The van der Waals surface area contributed by atoms with Crippen molar-refractivity contribution in [2.75, 3.05) is 20.6 Å². The highest BCUT2D eigenvalue weighted by molar-refractivity contribution is 6.32. The molecule has 0 spiro atoms. The summed E-state index contributed by atoms with van der Waals surface area (Å²) in [7, 11) is 4.16. The number of allylic oxidation sites excluding steroid dienone is 3. The van der Waals surface area contributed by atoms with Crippen LogP contribution in [0.5, 0.6) is 0 Å². The molecule has 1 unspecified atom stereocenters. The van der Waals surface area contributed by atoms with E-state index in [2.05, 4.69) is 25.1 Å². The molecule has 128 valence electrons. The van der Waals surface area contributed by atoms with Gasteiger partial charge in [-0.05, 0) is 82.4 Å². The van der Waals surface area contributed by atoms with Gasteiger partial charge in [0.25, 0.3) is 0 Å². The van der Waals surface area contributed by atoms with E-state index in [0.717, 1.165) is 49.8 Å². The number of nitrogens with zero attached hydrogens (tertiary/aromatic N) is 1. The molecule has 24 heavy (non-hydrogen) atoms. The Bertz CT molecular complexity index is 689. The molecule has 2 nitrogen and oxygen atoms in total. The Morgan fingerprint density at radius 2 is 2.04 bits per heavy atom. The van der Waals surface area contributed by atoms with Crippen molar-refractivity contribution in [2.45, 2.75) is 38.5 Å². The molecule has 2 aliphatic carbocycles. The second kappa shape index (κ2) is 7.25. The van der Waals surface area contributed by atoms with Gasteiger partial charge in [0.1, 0.15) is 0 Å². The average molecular weight is 344 g/mol. The standard InChI is InChI=1S/C21H26ClNO/c1-23(2)14-13-21(18-8-4-5-9-18)12-11-17(20(21)24)15-16-7-3-6-10-19(16)22/h3,6-8,10,15H,4-5,9,11-14H2,1-2H3/b17-15-. The summed E-state index contributed by atoms with van der Waals surface area (Å²) in [6.45, 7) is 0.947. The Morgan fingerprint density at radius 1 is 1.25 bits per heavy atom. The maximum Gasteiger partial charge on any atom is 0.169 e. The van der Waals surface area contributed by atoms with E-state index in [1.807, 2.05) is 30.3 Å². The zero-order chi connectivity index (χ0) is 17.2. The molecule has 0 aliphatic heterocycles. The summed E-state index contributed by atoms with van der Waals surface area (Å²) in [5.41, 5.74) is 3.01. The quantitative estimate of drug-likeness (QED) is 0.545. The minimum absolute atomic E-state index is 0.270. The SMILES string of the molecule is CN(C)CCC1(C2=CCCC2)CC/C(=C/c2ccccc2Cl)C1=O. The van der Waals surface area contributed by atoms with E-state index in [4.69, 9.17) is 11.6 Å². The third kappa shape index (κ3) is 3.36. The zero-order valence-corrected chi connectivity index (χ0v) is 15.4. The second-order valence-electron chi connectivity index (χ2n) is 7.28. The maximum absolute atomic E-state index is 13.4. The van der Waals surface area contributed by atoms with E-state index in [1.54, 1.807) is 0 Å². The van der Waals surface area contributed by atoms with Crippen LogP contribution in [0, 0.1) is 5.41 Å². The van der Waals surface area contributed by atoms with Crippen LogP contribution < -0.4 is 0 Å². The smallest absolute Gasteiger partial charge is 0.169 e. The molecular weight excluding hydrogens is 318 g/mol. The van der Waals surface area contributed by atoms with Crippen molar-refractivity contribution in [1.29, 1.82) is 0 Å². The first-order chi connectivity index (χ1) is 11.5. The topological polar surface area (TPSA) is 20.3 Å². The molecule has 1 aromatic rings. The molecule has 0 radical (unpaired) electrons. The Labute approximate surface area is 150 Å². The van der Waals surface area contributed by atoms with Crippen molar-refractivity contribution in [1.82, 2.24) is 4.90 Å². The van der Waals surface area contributed by atoms with Gasteiger partial charge in [-0.3, -0.25) is 4.79 Å². The van der Waals surface area contributed by atoms with Crippen LogP contribution in [0.25, 0.3) is 6.08 Å². The average Bonchev–Trinajstić information content (AvgIpc) is 3.18. The minimum atomic E-state index is -0.270. The third-order valence-corrected chi connectivity index (χ3v) is 5.77. The molecule has 0 N–H and O–H groups in total. The first kappa shape index (κ1) is 17.4. The fourth-order valence-electron chi connectivity index (χ4n) is 4.03. The van der Waals surface area contributed by atoms with Gasteiger partial charge in [0.05, 0.1) is 5.41 Å². The van der Waals surface area contributed by atoms with E-state index >= 15 is 0 Å². The number of hydrogen-bond acceptors (Lipinski definition) is 2. The predicted molar refractivity (Wildman–Crippen MR) is 101 cm³/mol. The summed E-state index contributed by atoms with van der Waals surface area (Å²) in [5.74, 6) is 0.331. The number of carbonyl (C=O) groups excluding carboxylic acids is 1. The van der Waals surface area contributed by atoms with Crippen LogP contribution in [-0.4, -0.2) is 31.3 Å². The number of Topliss-reactive ketones (excluding diaryl/α,β-unsaturated/α-hetero) is 1. The normalized spacial score (nSPS) is 25.8. The van der Waals surface area contributed by atoms with Crippen LogP contribution in [0.2, 0.25) is 5.02 Å². The lowest BCUT2D eigenvalue weighted by atomic mass is 9.74. The van der Waals surface area contributed by atoms with Gasteiger partial charge < -0.3 is 4.90 Å². The molecule has 0 saturated heterocycles. The number of hydrogen-bond donors (Lipinski definition) is 0. The Morgan fingerprint density at radius 3 is 2.71 bits per heavy atom. The van der Waals surface area contributed by atoms with Gasteiger partial charge in [0.2, 0.25) is 0 Å². The van der Waals surface area contributed by atoms with E-state index in [9.17, 15) is 4.79 Å². The fraction of sp³-hybridized carbons (Fsp3) is 0.476. The molecule has 1 atom stereocenters. The molecule has 2 aliphatic rings. The van der Waals surface area contributed by atoms with Gasteiger partial charge in [0.15, 0.2) is 5.78 Å². The Kier molecular flexibility index (Phi) is 5.27. The molecule has 3 heteroatoms. The van der Waals surface area contributed by atoms with Crippen molar-refractivity contribution in [3.05, 3.63) is 52.1 Å². The van der Waals surface area contributed by atoms with Gasteiger partial charge in [-0.1, -0.05) is 41.4 Å². The summed E-state index contributed by atoms with van der Waals surface area (Å²) >= 11 is 6.28. The Hall–Kier alpha value is -1.38. The summed E-state index contributed by atoms with van der Waals surface area (Å²) < 4.78 is 0. The van der Waals surface area contributed by atoms with Crippen molar-refractivity contribution in [2.24, 2.45) is 5.41 Å². The lowest BCUT2D eigenvalue weighted by molar-refractivity contribution is -0.121. The molecule has 0 aromatic heterocycles. The fourth-order valence-corrected chi connectivity index (χ4v) is 4.22. The predicted octanol–water partition coefficient (Wildman–Crippen LogP) is 5.13. The highest BCUT2D eigenvalue weighted by Gasteiger charge is 2.47. The van der Waals surface area contributed by atoms with Crippen LogP contribution in [0.3, 0.4) is 0 Å². The lowest BCUT2D eigenvalue weighted by Gasteiger charge is -2.30. The van der Waals surface area contributed by atoms with E-state index < -0.39 is 0 Å². The molecule has 0 heterocycles. The van der Waals surface area contributed by atoms with Crippen LogP contribution in [0.1, 0.15) is 44.1 Å². The van der Waals surface area contributed by atoms with Crippen molar-refractivity contribution in [3.63, 3.8) is 0 Å². The number of halogens is 1. The second-order valence-corrected chi connectivity index (χ2v) is 7.68.